The molecule has 0 spiro atoms. The third-order valence-corrected chi connectivity index (χ3v) is 5.74. The molecule has 0 saturated heterocycles. The lowest BCUT2D eigenvalue weighted by Crippen LogP contribution is -2.37. The first-order chi connectivity index (χ1) is 14.3. The van der Waals surface area contributed by atoms with Gasteiger partial charge in [0.2, 0.25) is 5.95 Å². The van der Waals surface area contributed by atoms with Crippen molar-refractivity contribution in [3.63, 3.8) is 0 Å². The molecule has 160 valence electrons. The van der Waals surface area contributed by atoms with Gasteiger partial charge in [0.05, 0.1) is 23.0 Å². The Morgan fingerprint density at radius 3 is 2.80 bits per heavy atom. The number of hydrogen-bond acceptors (Lipinski definition) is 6. The summed E-state index contributed by atoms with van der Waals surface area (Å²) in [4.78, 5) is 35.0. The SMILES string of the molecule is CCCC(CCO)Nc1ncc(Cl)c(-c2ccc3c(c2)C(=O)N([C@H](C)C(C)=O)C3)n1. The van der Waals surface area contributed by atoms with Crippen molar-refractivity contribution >= 4 is 29.2 Å². The number of Topliss-reactive ketones (excluding diaryl/α,β-unsaturated/α-hetero) is 1. The number of carbonyl (C=O) groups excluding carboxylic acids is 2. The normalized spacial score (nSPS) is 15.1. The zero-order chi connectivity index (χ0) is 21.8. The number of nitrogens with one attached hydrogen (secondary N) is 1. The van der Waals surface area contributed by atoms with Crippen molar-refractivity contribution in [2.75, 3.05) is 11.9 Å². The van der Waals surface area contributed by atoms with Crippen LogP contribution >= 0.6 is 11.6 Å². The van der Waals surface area contributed by atoms with Crippen molar-refractivity contribution < 1.29 is 14.7 Å². The first kappa shape index (κ1) is 22.2. The number of benzene rings is 1. The average Bonchev–Trinajstić information content (AvgIpc) is 3.05. The Kier molecular flexibility index (Phi) is 7.05. The van der Waals surface area contributed by atoms with E-state index >= 15 is 0 Å². The number of ketones is 1. The van der Waals surface area contributed by atoms with Gasteiger partial charge in [0.25, 0.3) is 5.91 Å². The summed E-state index contributed by atoms with van der Waals surface area (Å²) in [5.41, 5.74) is 2.69. The number of fused-ring (bicyclic) bond motifs is 1. The van der Waals surface area contributed by atoms with E-state index in [9.17, 15) is 14.7 Å². The van der Waals surface area contributed by atoms with E-state index in [1.165, 1.54) is 13.1 Å². The first-order valence-corrected chi connectivity index (χ1v) is 10.6. The van der Waals surface area contributed by atoms with Crippen molar-refractivity contribution in [3.05, 3.63) is 40.5 Å². The Bertz CT molecular complexity index is 944. The average molecular weight is 431 g/mol. The van der Waals surface area contributed by atoms with Gasteiger partial charge in [-0.05, 0) is 38.3 Å². The fourth-order valence-corrected chi connectivity index (χ4v) is 3.82. The molecule has 0 fully saturated rings. The van der Waals surface area contributed by atoms with Crippen molar-refractivity contribution in [2.45, 2.75) is 58.7 Å². The fraction of sp³-hybridized carbons (Fsp3) is 0.455. The highest BCUT2D eigenvalue weighted by Crippen LogP contribution is 2.32. The highest BCUT2D eigenvalue weighted by atomic mass is 35.5. The second kappa shape index (κ2) is 9.53. The van der Waals surface area contributed by atoms with Gasteiger partial charge >= 0.3 is 0 Å². The van der Waals surface area contributed by atoms with Crippen molar-refractivity contribution in [1.29, 1.82) is 0 Å². The van der Waals surface area contributed by atoms with Crippen LogP contribution in [-0.4, -0.2) is 50.4 Å². The maximum absolute atomic E-state index is 12.8. The van der Waals surface area contributed by atoms with E-state index in [0.717, 1.165) is 18.4 Å². The van der Waals surface area contributed by atoms with Gasteiger partial charge in [-0.15, -0.1) is 0 Å². The standard InChI is InChI=1S/C22H27ClN4O3/c1-4-5-17(8-9-28)25-22-24-11-19(23)20(26-22)15-6-7-16-12-27(13(2)14(3)29)21(30)18(16)10-15/h6-7,10-11,13,17,28H,4-5,8-9,12H2,1-3H3,(H,24,25,26)/t13-,17?/m1/s1. The lowest BCUT2D eigenvalue weighted by atomic mass is 10.0. The summed E-state index contributed by atoms with van der Waals surface area (Å²) in [7, 11) is 0. The van der Waals surface area contributed by atoms with Crippen LogP contribution in [0.5, 0.6) is 0 Å². The molecule has 1 amide bonds. The summed E-state index contributed by atoms with van der Waals surface area (Å²) in [5, 5.41) is 12.9. The van der Waals surface area contributed by atoms with Crippen LogP contribution in [-0.2, 0) is 11.3 Å². The fourth-order valence-electron chi connectivity index (χ4n) is 3.62. The van der Waals surface area contributed by atoms with Crippen LogP contribution < -0.4 is 5.32 Å². The maximum Gasteiger partial charge on any atom is 0.255 e. The van der Waals surface area contributed by atoms with Crippen LogP contribution in [0.25, 0.3) is 11.3 Å². The zero-order valence-corrected chi connectivity index (χ0v) is 18.2. The number of anilines is 1. The van der Waals surface area contributed by atoms with Gasteiger partial charge in [-0.25, -0.2) is 9.97 Å². The number of nitrogens with zero attached hydrogens (tertiary/aromatic N) is 3. The number of hydrogen-bond donors (Lipinski definition) is 2. The van der Waals surface area contributed by atoms with Crippen molar-refractivity contribution in [2.24, 2.45) is 0 Å². The number of aliphatic hydroxyl groups is 1. The molecular formula is C22H27ClN4O3. The summed E-state index contributed by atoms with van der Waals surface area (Å²) >= 11 is 6.36. The number of halogens is 1. The molecule has 0 saturated carbocycles. The Balaban J connectivity index is 1.89. The number of aliphatic hydroxyl groups excluding tert-OH is 1. The minimum Gasteiger partial charge on any atom is -0.396 e. The third-order valence-electron chi connectivity index (χ3n) is 5.46. The van der Waals surface area contributed by atoms with Gasteiger partial charge in [0.15, 0.2) is 5.78 Å². The van der Waals surface area contributed by atoms with Crippen LogP contribution in [0.15, 0.2) is 24.4 Å². The van der Waals surface area contributed by atoms with E-state index in [1.807, 2.05) is 12.1 Å². The van der Waals surface area contributed by atoms with Gasteiger partial charge in [-0.2, -0.15) is 0 Å². The van der Waals surface area contributed by atoms with Crippen LogP contribution in [0.3, 0.4) is 0 Å². The van der Waals surface area contributed by atoms with E-state index < -0.39 is 6.04 Å². The Morgan fingerprint density at radius 1 is 1.37 bits per heavy atom. The number of carbonyl (C=O) groups is 2. The summed E-state index contributed by atoms with van der Waals surface area (Å²) in [6, 6.07) is 5.14. The van der Waals surface area contributed by atoms with Crippen LogP contribution in [0.1, 0.15) is 56.0 Å². The van der Waals surface area contributed by atoms with Crippen LogP contribution in [0.2, 0.25) is 5.02 Å². The highest BCUT2D eigenvalue weighted by molar-refractivity contribution is 6.33. The van der Waals surface area contributed by atoms with Gasteiger partial charge in [-0.3, -0.25) is 9.59 Å². The molecule has 0 bridgehead atoms. The largest absolute Gasteiger partial charge is 0.396 e. The first-order valence-electron chi connectivity index (χ1n) is 10.2. The summed E-state index contributed by atoms with van der Waals surface area (Å²) in [6.07, 6.45) is 4.00. The van der Waals surface area contributed by atoms with Crippen LogP contribution in [0.4, 0.5) is 5.95 Å². The summed E-state index contributed by atoms with van der Waals surface area (Å²) in [5.74, 6) is 0.222. The predicted molar refractivity (Wildman–Crippen MR) is 117 cm³/mol. The van der Waals surface area contributed by atoms with Gasteiger partial charge in [0.1, 0.15) is 0 Å². The lowest BCUT2D eigenvalue weighted by molar-refractivity contribution is -0.120. The van der Waals surface area contributed by atoms with Gasteiger partial charge in [-0.1, -0.05) is 37.1 Å². The van der Waals surface area contributed by atoms with Gasteiger partial charge < -0.3 is 15.3 Å². The summed E-state index contributed by atoms with van der Waals surface area (Å²) in [6.45, 7) is 5.81. The van der Waals surface area contributed by atoms with E-state index in [-0.39, 0.29) is 24.3 Å². The minimum atomic E-state index is -0.464. The molecule has 2 atom stereocenters. The molecule has 1 aromatic carbocycles. The van der Waals surface area contributed by atoms with Crippen molar-refractivity contribution in [3.8, 4) is 11.3 Å². The molecule has 3 rings (SSSR count). The molecule has 1 unspecified atom stereocenters. The molecule has 7 nitrogen and oxygen atoms in total. The maximum atomic E-state index is 12.8. The van der Waals surface area contributed by atoms with Crippen molar-refractivity contribution in [1.82, 2.24) is 14.9 Å². The van der Waals surface area contributed by atoms with Gasteiger partial charge in [0, 0.05) is 30.3 Å². The molecule has 0 aliphatic carbocycles. The monoisotopic (exact) mass is 430 g/mol. The predicted octanol–water partition coefficient (Wildman–Crippen LogP) is 3.69. The molecule has 1 aliphatic heterocycles. The summed E-state index contributed by atoms with van der Waals surface area (Å²) < 4.78 is 0. The Hall–Kier alpha value is -2.51. The zero-order valence-electron chi connectivity index (χ0n) is 17.5. The molecule has 2 aromatic rings. The molecular weight excluding hydrogens is 404 g/mol. The molecule has 0 radical (unpaired) electrons. The number of amides is 1. The Morgan fingerprint density at radius 2 is 2.13 bits per heavy atom. The quantitative estimate of drug-likeness (QED) is 0.629. The topological polar surface area (TPSA) is 95.4 Å². The lowest BCUT2D eigenvalue weighted by Gasteiger charge is -2.21. The van der Waals surface area contributed by atoms with E-state index in [0.29, 0.717) is 40.8 Å². The highest BCUT2D eigenvalue weighted by Gasteiger charge is 2.32. The number of rotatable bonds is 9. The molecule has 2 N–H and O–H groups in total. The second-order valence-electron chi connectivity index (χ2n) is 7.62. The smallest absolute Gasteiger partial charge is 0.255 e. The van der Waals surface area contributed by atoms with Crippen LogP contribution in [0, 0.1) is 0 Å². The number of aromatic nitrogens is 2. The minimum absolute atomic E-state index is 0.0459. The molecule has 8 heteroatoms. The molecule has 30 heavy (non-hydrogen) atoms. The van der Waals surface area contributed by atoms with E-state index in [2.05, 4.69) is 22.2 Å². The second-order valence-corrected chi connectivity index (χ2v) is 8.03. The van der Waals surface area contributed by atoms with E-state index in [4.69, 9.17) is 11.6 Å². The Labute approximate surface area is 181 Å². The third kappa shape index (κ3) is 4.63. The molecule has 1 aliphatic rings. The molecule has 1 aromatic heterocycles. The molecule has 2 heterocycles. The van der Waals surface area contributed by atoms with E-state index in [1.54, 1.807) is 17.9 Å².